The third kappa shape index (κ3) is 2.01. The summed E-state index contributed by atoms with van der Waals surface area (Å²) in [6, 6.07) is 7.20. The van der Waals surface area contributed by atoms with Crippen LogP contribution in [0.3, 0.4) is 0 Å². The van der Waals surface area contributed by atoms with E-state index in [1.807, 2.05) is 0 Å². The van der Waals surface area contributed by atoms with Crippen molar-refractivity contribution in [2.24, 2.45) is 5.73 Å². The van der Waals surface area contributed by atoms with Gasteiger partial charge in [-0.25, -0.2) is 0 Å². The third-order valence-corrected chi connectivity index (χ3v) is 4.78. The van der Waals surface area contributed by atoms with E-state index in [1.54, 1.807) is 5.56 Å². The average Bonchev–Trinajstić information content (AvgIpc) is 2.39. The van der Waals surface area contributed by atoms with E-state index in [2.05, 4.69) is 39.0 Å². The lowest BCUT2D eigenvalue weighted by atomic mass is 9.65. The summed E-state index contributed by atoms with van der Waals surface area (Å²) in [5, 5.41) is 0. The Labute approximate surface area is 105 Å². The van der Waals surface area contributed by atoms with Gasteiger partial charge >= 0.3 is 0 Å². The maximum atomic E-state index is 6.27. The predicted octanol–water partition coefficient (Wildman–Crippen LogP) is 4.10. The van der Waals surface area contributed by atoms with E-state index in [9.17, 15) is 0 Å². The topological polar surface area (TPSA) is 26.0 Å². The van der Waals surface area contributed by atoms with Gasteiger partial charge in [-0.3, -0.25) is 0 Å². The molecule has 2 rings (SSSR count). The average molecular weight is 231 g/mol. The molecule has 1 heteroatoms. The highest BCUT2D eigenvalue weighted by Crippen LogP contribution is 2.45. The highest BCUT2D eigenvalue weighted by molar-refractivity contribution is 5.41. The summed E-state index contributed by atoms with van der Waals surface area (Å²) in [5.41, 5.74) is 11.0. The smallest absolute Gasteiger partial charge is 0.0298 e. The molecule has 1 aromatic carbocycles. The van der Waals surface area contributed by atoms with Crippen molar-refractivity contribution >= 4 is 0 Å². The minimum absolute atomic E-state index is 0.252. The predicted molar refractivity (Wildman–Crippen MR) is 74.2 cm³/mol. The first kappa shape index (κ1) is 12.6. The molecule has 1 unspecified atom stereocenters. The second kappa shape index (κ2) is 4.81. The van der Waals surface area contributed by atoms with Crippen molar-refractivity contribution in [2.75, 3.05) is 0 Å². The lowest BCUT2D eigenvalue weighted by molar-refractivity contribution is 0.315. The fourth-order valence-corrected chi connectivity index (χ4v) is 3.31. The van der Waals surface area contributed by atoms with Crippen LogP contribution < -0.4 is 5.73 Å². The van der Waals surface area contributed by atoms with Gasteiger partial charge in [0.05, 0.1) is 0 Å². The number of fused-ring (bicyclic) bond motifs is 1. The van der Waals surface area contributed by atoms with E-state index in [1.165, 1.54) is 30.4 Å². The van der Waals surface area contributed by atoms with Crippen LogP contribution in [0, 0.1) is 0 Å². The number of benzene rings is 1. The second-order valence-corrected chi connectivity index (χ2v) is 5.41. The van der Waals surface area contributed by atoms with Gasteiger partial charge in [0.25, 0.3) is 0 Å². The van der Waals surface area contributed by atoms with Crippen molar-refractivity contribution < 1.29 is 0 Å². The largest absolute Gasteiger partial charge is 0.324 e. The first-order valence-electron chi connectivity index (χ1n) is 7.05. The maximum Gasteiger partial charge on any atom is 0.0298 e. The van der Waals surface area contributed by atoms with Crippen LogP contribution in [0.2, 0.25) is 0 Å². The maximum absolute atomic E-state index is 6.27. The van der Waals surface area contributed by atoms with Crippen LogP contribution in [-0.4, -0.2) is 0 Å². The Balaban J connectivity index is 2.55. The summed E-state index contributed by atoms with van der Waals surface area (Å²) in [7, 11) is 0. The van der Waals surface area contributed by atoms with Gasteiger partial charge in [0.2, 0.25) is 0 Å². The molecule has 1 nitrogen and oxygen atoms in total. The van der Waals surface area contributed by atoms with Crippen molar-refractivity contribution in [3.05, 3.63) is 34.9 Å². The molecule has 0 spiro atoms. The van der Waals surface area contributed by atoms with Gasteiger partial charge in [0.15, 0.2) is 0 Å². The van der Waals surface area contributed by atoms with Gasteiger partial charge in [-0.15, -0.1) is 0 Å². The van der Waals surface area contributed by atoms with Crippen LogP contribution in [0.25, 0.3) is 0 Å². The summed E-state index contributed by atoms with van der Waals surface area (Å²) in [5.74, 6) is 0. The molecule has 0 amide bonds. The Morgan fingerprint density at radius 2 is 1.94 bits per heavy atom. The number of rotatable bonds is 3. The molecule has 0 aliphatic heterocycles. The molecule has 1 atom stereocenters. The van der Waals surface area contributed by atoms with Crippen molar-refractivity contribution in [2.45, 2.75) is 64.3 Å². The Morgan fingerprint density at radius 3 is 2.53 bits per heavy atom. The quantitative estimate of drug-likeness (QED) is 0.832. The van der Waals surface area contributed by atoms with Gasteiger partial charge in [0, 0.05) is 6.04 Å². The molecule has 0 radical (unpaired) electrons. The first-order valence-corrected chi connectivity index (χ1v) is 7.05. The molecular formula is C16H25N. The number of hydrogen-bond acceptors (Lipinski definition) is 1. The summed E-state index contributed by atoms with van der Waals surface area (Å²) < 4.78 is 0. The highest BCUT2D eigenvalue weighted by Gasteiger charge is 2.35. The zero-order valence-electron chi connectivity index (χ0n) is 11.4. The van der Waals surface area contributed by atoms with Gasteiger partial charge in [0.1, 0.15) is 0 Å². The molecule has 2 N–H and O–H groups in total. The molecule has 0 bridgehead atoms. The summed E-state index contributed by atoms with van der Waals surface area (Å²) in [4.78, 5) is 0. The lowest BCUT2D eigenvalue weighted by Crippen LogP contribution is -2.33. The molecule has 1 aromatic rings. The monoisotopic (exact) mass is 231 g/mol. The van der Waals surface area contributed by atoms with Crippen LogP contribution in [-0.2, 0) is 11.8 Å². The van der Waals surface area contributed by atoms with E-state index in [-0.39, 0.29) is 6.04 Å². The van der Waals surface area contributed by atoms with Crippen LogP contribution in [0.1, 0.15) is 69.2 Å². The molecule has 0 aromatic heterocycles. The van der Waals surface area contributed by atoms with E-state index in [4.69, 9.17) is 5.73 Å². The number of aryl methyl sites for hydroxylation is 1. The van der Waals surface area contributed by atoms with Crippen LogP contribution in [0.15, 0.2) is 18.2 Å². The Kier molecular flexibility index (Phi) is 3.58. The van der Waals surface area contributed by atoms with Crippen LogP contribution >= 0.6 is 0 Å². The Hall–Kier alpha value is -0.820. The molecule has 0 saturated heterocycles. The van der Waals surface area contributed by atoms with E-state index in [0.29, 0.717) is 5.41 Å². The van der Waals surface area contributed by atoms with Gasteiger partial charge < -0.3 is 5.73 Å². The summed E-state index contributed by atoms with van der Waals surface area (Å²) in [6.45, 7) is 6.87. The van der Waals surface area contributed by atoms with Gasteiger partial charge in [-0.05, 0) is 54.2 Å². The third-order valence-electron chi connectivity index (χ3n) is 4.78. The van der Waals surface area contributed by atoms with E-state index in [0.717, 1.165) is 12.8 Å². The zero-order valence-corrected chi connectivity index (χ0v) is 11.4. The highest BCUT2D eigenvalue weighted by atomic mass is 14.7. The zero-order chi connectivity index (χ0) is 12.5. The second-order valence-electron chi connectivity index (χ2n) is 5.41. The fraction of sp³-hybridized carbons (Fsp3) is 0.625. The molecular weight excluding hydrogens is 206 g/mol. The van der Waals surface area contributed by atoms with Gasteiger partial charge in [-0.2, -0.15) is 0 Å². The minimum Gasteiger partial charge on any atom is -0.324 e. The number of hydrogen-bond donors (Lipinski definition) is 1. The number of nitrogens with two attached hydrogens (primary N) is 1. The van der Waals surface area contributed by atoms with Crippen molar-refractivity contribution in [3.63, 3.8) is 0 Å². The molecule has 1 aliphatic carbocycles. The summed E-state index contributed by atoms with van der Waals surface area (Å²) in [6.07, 6.45) is 5.97. The standard InChI is InChI=1S/C16H25N/c1-4-12-7-8-13-14(11-12)16(5-2,6-3)10-9-15(13)17/h7-8,11,15H,4-6,9-10,17H2,1-3H3. The summed E-state index contributed by atoms with van der Waals surface area (Å²) >= 11 is 0. The minimum atomic E-state index is 0.252. The lowest BCUT2D eigenvalue weighted by Gasteiger charge is -2.40. The normalized spacial score (nSPS) is 22.2. The Bertz CT molecular complexity index is 391. The fourth-order valence-electron chi connectivity index (χ4n) is 3.31. The van der Waals surface area contributed by atoms with E-state index >= 15 is 0 Å². The SMILES string of the molecule is CCc1ccc2c(c1)C(CC)(CC)CCC2N. The van der Waals surface area contributed by atoms with Crippen LogP contribution in [0.5, 0.6) is 0 Å². The first-order chi connectivity index (χ1) is 8.16. The van der Waals surface area contributed by atoms with Crippen molar-refractivity contribution in [3.8, 4) is 0 Å². The van der Waals surface area contributed by atoms with Gasteiger partial charge in [-0.1, -0.05) is 39.0 Å². The molecule has 0 saturated carbocycles. The molecule has 0 heterocycles. The van der Waals surface area contributed by atoms with E-state index < -0.39 is 0 Å². The Morgan fingerprint density at radius 1 is 1.24 bits per heavy atom. The molecule has 1 aliphatic rings. The molecule has 94 valence electrons. The van der Waals surface area contributed by atoms with Crippen molar-refractivity contribution in [1.82, 2.24) is 0 Å². The van der Waals surface area contributed by atoms with Crippen molar-refractivity contribution in [1.29, 1.82) is 0 Å². The molecule has 0 fully saturated rings. The van der Waals surface area contributed by atoms with Crippen LogP contribution in [0.4, 0.5) is 0 Å². The molecule has 17 heavy (non-hydrogen) atoms.